The number of hydrogen-bond acceptors (Lipinski definition) is 4. The molecule has 0 bridgehead atoms. The van der Waals surface area contributed by atoms with Gasteiger partial charge in [0.1, 0.15) is 11.5 Å². The third-order valence-corrected chi connectivity index (χ3v) is 5.65. The predicted molar refractivity (Wildman–Crippen MR) is 130 cm³/mol. The zero-order valence-corrected chi connectivity index (χ0v) is 21.5. The summed E-state index contributed by atoms with van der Waals surface area (Å²) in [6.45, 7) is 21.5. The first-order valence-electron chi connectivity index (χ1n) is 11.1. The normalized spacial score (nSPS) is 12.6. The molecule has 0 aromatic heterocycles. The molecule has 0 radical (unpaired) electrons. The molecule has 1 N–H and O–H groups in total. The molecule has 0 spiro atoms. The van der Waals surface area contributed by atoms with Gasteiger partial charge in [-0.3, -0.25) is 4.79 Å². The van der Waals surface area contributed by atoms with Crippen molar-refractivity contribution < 1.29 is 19.4 Å². The number of aromatic hydroxyl groups is 1. The highest BCUT2D eigenvalue weighted by Crippen LogP contribution is 2.41. The smallest absolute Gasteiger partial charge is 0.343 e. The number of esters is 1. The molecule has 4 heteroatoms. The number of carbonyl (C=O) groups excluding carboxylic acids is 2. The Labute approximate surface area is 193 Å². The standard InChI is InChI=1S/C28H38O4/c1-16-12-18(17(2)29)13-22(28(9,10)11)24(16)32-25(31)19-14-20(26(3,4)5)23(30)21(15-19)27(6,7)8/h12-15,30H,1-11H3. The third kappa shape index (κ3) is 5.40. The number of hydrogen-bond donors (Lipinski definition) is 1. The van der Waals surface area contributed by atoms with E-state index in [0.717, 1.165) is 11.1 Å². The van der Waals surface area contributed by atoms with E-state index in [-0.39, 0.29) is 27.8 Å². The molecule has 4 nitrogen and oxygen atoms in total. The van der Waals surface area contributed by atoms with Gasteiger partial charge in [-0.05, 0) is 59.9 Å². The number of phenols is 1. The lowest BCUT2D eigenvalue weighted by molar-refractivity contribution is 0.0730. The topological polar surface area (TPSA) is 63.6 Å². The molecule has 0 amide bonds. The van der Waals surface area contributed by atoms with Gasteiger partial charge in [0.15, 0.2) is 5.78 Å². The number of aryl methyl sites for hydroxylation is 1. The van der Waals surface area contributed by atoms with Gasteiger partial charge >= 0.3 is 5.97 Å². The van der Waals surface area contributed by atoms with Crippen LogP contribution in [0.1, 0.15) is 112 Å². The van der Waals surface area contributed by atoms with Crippen LogP contribution in [0, 0.1) is 6.92 Å². The van der Waals surface area contributed by atoms with Gasteiger partial charge < -0.3 is 9.84 Å². The highest BCUT2D eigenvalue weighted by atomic mass is 16.5. The molecule has 2 rings (SSSR count). The van der Waals surface area contributed by atoms with Crippen molar-refractivity contribution in [1.29, 1.82) is 0 Å². The Balaban J connectivity index is 2.67. The second-order valence-electron chi connectivity index (χ2n) is 11.8. The second kappa shape index (κ2) is 8.38. The molecule has 0 fully saturated rings. The van der Waals surface area contributed by atoms with Crippen molar-refractivity contribution in [3.8, 4) is 11.5 Å². The first kappa shape index (κ1) is 25.6. The minimum atomic E-state index is -0.481. The quantitative estimate of drug-likeness (QED) is 0.318. The zero-order chi connectivity index (χ0) is 24.8. The van der Waals surface area contributed by atoms with Crippen LogP contribution in [0.4, 0.5) is 0 Å². The molecule has 0 aliphatic heterocycles. The molecule has 0 saturated heterocycles. The molecule has 0 unspecified atom stereocenters. The number of ketones is 1. The van der Waals surface area contributed by atoms with Gasteiger partial charge in [-0.25, -0.2) is 4.79 Å². The predicted octanol–water partition coefficient (Wildman–Crippen LogP) is 7.01. The summed E-state index contributed by atoms with van der Waals surface area (Å²) in [4.78, 5) is 25.4. The second-order valence-corrected chi connectivity index (χ2v) is 11.8. The van der Waals surface area contributed by atoms with Crippen molar-refractivity contribution in [3.05, 3.63) is 57.6 Å². The molecule has 0 aliphatic carbocycles. The van der Waals surface area contributed by atoms with Crippen LogP contribution in [0.3, 0.4) is 0 Å². The number of ether oxygens (including phenoxy) is 1. The highest BCUT2D eigenvalue weighted by Gasteiger charge is 2.29. The van der Waals surface area contributed by atoms with Crippen LogP contribution in [0.25, 0.3) is 0 Å². The summed E-state index contributed by atoms with van der Waals surface area (Å²) in [5.41, 5.74) is 2.92. The highest BCUT2D eigenvalue weighted by molar-refractivity contribution is 5.96. The lowest BCUT2D eigenvalue weighted by Crippen LogP contribution is -2.21. The fourth-order valence-electron chi connectivity index (χ4n) is 3.72. The third-order valence-electron chi connectivity index (χ3n) is 5.65. The van der Waals surface area contributed by atoms with Gasteiger partial charge in [-0.15, -0.1) is 0 Å². The van der Waals surface area contributed by atoms with Gasteiger partial charge in [0, 0.05) is 22.3 Å². The molecule has 0 saturated carbocycles. The summed E-state index contributed by atoms with van der Waals surface area (Å²) in [6, 6.07) is 7.03. The van der Waals surface area contributed by atoms with E-state index < -0.39 is 5.97 Å². The van der Waals surface area contributed by atoms with Crippen LogP contribution in [-0.4, -0.2) is 16.9 Å². The maximum absolute atomic E-state index is 13.4. The molecular weight excluding hydrogens is 400 g/mol. The summed E-state index contributed by atoms with van der Waals surface area (Å²) in [6.07, 6.45) is 0. The summed E-state index contributed by atoms with van der Waals surface area (Å²) in [7, 11) is 0. The van der Waals surface area contributed by atoms with E-state index in [2.05, 4.69) is 0 Å². The van der Waals surface area contributed by atoms with E-state index in [4.69, 9.17) is 4.74 Å². The Morgan fingerprint density at radius 3 is 1.50 bits per heavy atom. The molecule has 0 heterocycles. The van der Waals surface area contributed by atoms with Crippen LogP contribution in [0.5, 0.6) is 11.5 Å². The van der Waals surface area contributed by atoms with Crippen molar-refractivity contribution in [2.75, 3.05) is 0 Å². The van der Waals surface area contributed by atoms with Crippen LogP contribution in [-0.2, 0) is 16.2 Å². The van der Waals surface area contributed by atoms with Gasteiger partial charge in [-0.2, -0.15) is 0 Å². The summed E-state index contributed by atoms with van der Waals surface area (Å²) in [5, 5.41) is 10.9. The van der Waals surface area contributed by atoms with E-state index in [1.54, 1.807) is 18.2 Å². The van der Waals surface area contributed by atoms with Crippen LogP contribution in [0.15, 0.2) is 24.3 Å². The summed E-state index contributed by atoms with van der Waals surface area (Å²) >= 11 is 0. The number of carbonyl (C=O) groups is 2. The van der Waals surface area contributed by atoms with Crippen molar-refractivity contribution in [1.82, 2.24) is 0 Å². The average Bonchev–Trinajstić information content (AvgIpc) is 2.60. The molecule has 0 aliphatic rings. The Bertz CT molecular complexity index is 1020. The molecule has 174 valence electrons. The van der Waals surface area contributed by atoms with Gasteiger partial charge in [0.2, 0.25) is 0 Å². The maximum Gasteiger partial charge on any atom is 0.343 e. The number of benzene rings is 2. The summed E-state index contributed by atoms with van der Waals surface area (Å²) < 4.78 is 5.97. The monoisotopic (exact) mass is 438 g/mol. The Morgan fingerprint density at radius 1 is 0.719 bits per heavy atom. The molecule has 2 aromatic carbocycles. The van der Waals surface area contributed by atoms with Crippen LogP contribution >= 0.6 is 0 Å². The van der Waals surface area contributed by atoms with Crippen molar-refractivity contribution in [3.63, 3.8) is 0 Å². The Hall–Kier alpha value is -2.62. The number of rotatable bonds is 3. The molecule has 32 heavy (non-hydrogen) atoms. The van der Waals surface area contributed by atoms with E-state index in [9.17, 15) is 14.7 Å². The number of phenolic OH excluding ortho intramolecular Hbond substituents is 1. The lowest BCUT2D eigenvalue weighted by Gasteiger charge is -2.28. The van der Waals surface area contributed by atoms with Crippen molar-refractivity contribution >= 4 is 11.8 Å². The SMILES string of the molecule is CC(=O)c1cc(C)c(OC(=O)c2cc(C(C)(C)C)c(O)c(C(C)(C)C)c2)c(C(C)(C)C)c1. The number of Topliss-reactive ketones (excluding diaryl/α,β-unsaturated/α-hetero) is 1. The van der Waals surface area contributed by atoms with E-state index >= 15 is 0 Å². The fourth-order valence-corrected chi connectivity index (χ4v) is 3.72. The van der Waals surface area contributed by atoms with E-state index in [1.807, 2.05) is 75.3 Å². The average molecular weight is 439 g/mol. The van der Waals surface area contributed by atoms with Crippen molar-refractivity contribution in [2.45, 2.75) is 92.4 Å². The lowest BCUT2D eigenvalue weighted by atomic mass is 9.78. The minimum absolute atomic E-state index is 0.0281. The van der Waals surface area contributed by atoms with E-state index in [1.165, 1.54) is 6.92 Å². The van der Waals surface area contributed by atoms with Crippen molar-refractivity contribution in [2.24, 2.45) is 0 Å². The van der Waals surface area contributed by atoms with E-state index in [0.29, 0.717) is 28.0 Å². The van der Waals surface area contributed by atoms with Crippen LogP contribution < -0.4 is 4.74 Å². The Kier molecular flexibility index (Phi) is 6.72. The first-order valence-corrected chi connectivity index (χ1v) is 11.1. The van der Waals surface area contributed by atoms with Gasteiger partial charge in [0.05, 0.1) is 5.56 Å². The molecule has 0 atom stereocenters. The zero-order valence-electron chi connectivity index (χ0n) is 21.5. The van der Waals surface area contributed by atoms with Crippen LogP contribution in [0.2, 0.25) is 0 Å². The largest absolute Gasteiger partial charge is 0.507 e. The van der Waals surface area contributed by atoms with Gasteiger partial charge in [0.25, 0.3) is 0 Å². The Morgan fingerprint density at radius 2 is 1.12 bits per heavy atom. The molecule has 2 aromatic rings. The van der Waals surface area contributed by atoms with Gasteiger partial charge in [-0.1, -0.05) is 62.3 Å². The first-order chi connectivity index (χ1) is 14.3. The molecular formula is C28H38O4. The fraction of sp³-hybridized carbons (Fsp3) is 0.500. The minimum Gasteiger partial charge on any atom is -0.507 e. The summed E-state index contributed by atoms with van der Waals surface area (Å²) in [5.74, 6) is 0.193. The maximum atomic E-state index is 13.4.